The van der Waals surface area contributed by atoms with Crippen molar-refractivity contribution in [3.8, 4) is 0 Å². The van der Waals surface area contributed by atoms with Gasteiger partial charge in [-0.05, 0) is 31.7 Å². The minimum atomic E-state index is -0.736. The van der Waals surface area contributed by atoms with Crippen LogP contribution in [0.25, 0.3) is 0 Å². The second-order valence-electron chi connectivity index (χ2n) is 6.02. The van der Waals surface area contributed by atoms with Gasteiger partial charge in [-0.1, -0.05) is 6.92 Å². The summed E-state index contributed by atoms with van der Waals surface area (Å²) in [5.74, 6) is -0.310. The number of aliphatic hydroxyl groups is 1. The summed E-state index contributed by atoms with van der Waals surface area (Å²) in [5.41, 5.74) is 4.42. The molecule has 2 heterocycles. The van der Waals surface area contributed by atoms with E-state index in [0.717, 1.165) is 19.4 Å². The lowest BCUT2D eigenvalue weighted by atomic mass is 9.98. The number of hydrogen-bond donors (Lipinski definition) is 3. The minimum absolute atomic E-state index is 0.0636. The molecule has 8 nitrogen and oxygen atoms in total. The number of aromatic nitrogens is 2. The van der Waals surface area contributed by atoms with Crippen molar-refractivity contribution < 1.29 is 9.90 Å². The number of rotatable bonds is 6. The van der Waals surface area contributed by atoms with Gasteiger partial charge >= 0.3 is 5.69 Å². The number of nitrogens with two attached hydrogens (primary N) is 1. The number of piperidine rings is 1. The Labute approximate surface area is 133 Å². The molecule has 0 unspecified atom stereocenters. The van der Waals surface area contributed by atoms with E-state index in [2.05, 4.69) is 4.98 Å². The molecular formula is C15H24N4O4. The predicted molar refractivity (Wildman–Crippen MR) is 86.6 cm³/mol. The summed E-state index contributed by atoms with van der Waals surface area (Å²) < 4.78 is 1.22. The molecule has 1 saturated heterocycles. The Morgan fingerprint density at radius 1 is 1.43 bits per heavy atom. The second-order valence-corrected chi connectivity index (χ2v) is 6.02. The molecule has 8 heteroatoms. The van der Waals surface area contributed by atoms with Gasteiger partial charge in [0.15, 0.2) is 5.78 Å². The fourth-order valence-electron chi connectivity index (χ4n) is 3.03. The van der Waals surface area contributed by atoms with Gasteiger partial charge in [-0.25, -0.2) is 4.79 Å². The Morgan fingerprint density at radius 2 is 2.17 bits per heavy atom. The highest BCUT2D eigenvalue weighted by Crippen LogP contribution is 2.16. The van der Waals surface area contributed by atoms with Crippen molar-refractivity contribution in [1.29, 1.82) is 0 Å². The maximum atomic E-state index is 12.5. The Hall–Kier alpha value is -1.93. The largest absolute Gasteiger partial charge is 0.396 e. The van der Waals surface area contributed by atoms with Gasteiger partial charge in [-0.15, -0.1) is 0 Å². The number of anilines is 1. The number of ketones is 1. The number of hydrogen-bond acceptors (Lipinski definition) is 6. The Morgan fingerprint density at radius 3 is 2.83 bits per heavy atom. The number of nitrogens with one attached hydrogen (secondary N) is 1. The van der Waals surface area contributed by atoms with E-state index in [-0.39, 0.29) is 30.5 Å². The number of H-pyrrole nitrogens is 1. The highest BCUT2D eigenvalue weighted by atomic mass is 16.3. The van der Waals surface area contributed by atoms with E-state index in [9.17, 15) is 19.5 Å². The molecule has 4 N–H and O–H groups in total. The third-order valence-corrected chi connectivity index (χ3v) is 4.19. The van der Waals surface area contributed by atoms with E-state index >= 15 is 0 Å². The van der Waals surface area contributed by atoms with Crippen molar-refractivity contribution >= 4 is 11.6 Å². The average molecular weight is 324 g/mol. The van der Waals surface area contributed by atoms with Crippen molar-refractivity contribution in [2.45, 2.75) is 32.7 Å². The molecule has 1 aliphatic heterocycles. The number of aliphatic hydroxyl groups excluding tert-OH is 1. The van der Waals surface area contributed by atoms with E-state index in [1.807, 2.05) is 11.8 Å². The summed E-state index contributed by atoms with van der Waals surface area (Å²) in [6.07, 6.45) is 2.50. The van der Waals surface area contributed by atoms with Gasteiger partial charge in [0.1, 0.15) is 11.4 Å². The highest BCUT2D eigenvalue weighted by Gasteiger charge is 2.25. The van der Waals surface area contributed by atoms with Gasteiger partial charge in [0.05, 0.1) is 6.54 Å². The van der Waals surface area contributed by atoms with Crippen molar-refractivity contribution in [2.24, 2.45) is 5.92 Å². The van der Waals surface area contributed by atoms with Gasteiger partial charge in [-0.2, -0.15) is 0 Å². The van der Waals surface area contributed by atoms with Crippen LogP contribution in [0.5, 0.6) is 0 Å². The van der Waals surface area contributed by atoms with E-state index in [1.54, 1.807) is 0 Å². The molecule has 1 fully saturated rings. The molecule has 0 aliphatic carbocycles. The number of nitrogens with zero attached hydrogens (tertiary/aromatic N) is 2. The summed E-state index contributed by atoms with van der Waals surface area (Å²) in [7, 11) is 0. The zero-order valence-corrected chi connectivity index (χ0v) is 13.4. The fraction of sp³-hybridized carbons (Fsp3) is 0.667. The molecule has 0 bridgehead atoms. The molecule has 1 aromatic rings. The second kappa shape index (κ2) is 7.56. The monoisotopic (exact) mass is 324 g/mol. The Balaban J connectivity index is 2.24. The molecule has 0 saturated carbocycles. The van der Waals surface area contributed by atoms with Crippen LogP contribution < -0.4 is 17.0 Å². The number of carbonyl (C=O) groups excluding carboxylic acids is 1. The van der Waals surface area contributed by atoms with Crippen LogP contribution in [0.1, 0.15) is 36.5 Å². The Kier molecular flexibility index (Phi) is 5.73. The third kappa shape index (κ3) is 3.89. The number of carbonyl (C=O) groups is 1. The molecule has 0 aromatic carbocycles. The van der Waals surface area contributed by atoms with E-state index in [1.165, 1.54) is 4.57 Å². The number of likely N-dealkylation sites (tertiary alicyclic amines) is 1. The summed E-state index contributed by atoms with van der Waals surface area (Å²) in [5, 5.41) is 9.25. The lowest BCUT2D eigenvalue weighted by Crippen LogP contribution is -2.42. The summed E-state index contributed by atoms with van der Waals surface area (Å²) in [4.78, 5) is 40.3. The predicted octanol–water partition coefficient (Wildman–Crippen LogP) is -0.584. The minimum Gasteiger partial charge on any atom is -0.396 e. The van der Waals surface area contributed by atoms with Crippen LogP contribution in [0, 0.1) is 5.92 Å². The first-order valence-electron chi connectivity index (χ1n) is 7.96. The molecular weight excluding hydrogens is 300 g/mol. The molecule has 1 aliphatic rings. The molecule has 0 spiro atoms. The van der Waals surface area contributed by atoms with Crippen LogP contribution in [-0.2, 0) is 6.54 Å². The first-order valence-corrected chi connectivity index (χ1v) is 7.96. The smallest absolute Gasteiger partial charge is 0.329 e. The lowest BCUT2D eigenvalue weighted by molar-refractivity contribution is 0.0832. The lowest BCUT2D eigenvalue weighted by Gasteiger charge is -2.31. The van der Waals surface area contributed by atoms with Gasteiger partial charge in [0, 0.05) is 19.7 Å². The third-order valence-electron chi connectivity index (χ3n) is 4.19. The number of nitrogen functional groups attached to an aromatic ring is 1. The molecule has 23 heavy (non-hydrogen) atoms. The quantitative estimate of drug-likeness (QED) is 0.602. The van der Waals surface area contributed by atoms with E-state index in [4.69, 9.17) is 5.73 Å². The summed E-state index contributed by atoms with van der Waals surface area (Å²) in [6.45, 7) is 3.74. The molecule has 1 atom stereocenters. The first kappa shape index (κ1) is 17.4. The molecule has 2 rings (SSSR count). The number of Topliss-reactive ketones (excluding diaryl/α,β-unsaturated/α-hetero) is 1. The topological polar surface area (TPSA) is 121 Å². The number of aromatic amines is 1. The highest BCUT2D eigenvalue weighted by molar-refractivity contribution is 6.01. The van der Waals surface area contributed by atoms with Gasteiger partial charge < -0.3 is 10.8 Å². The van der Waals surface area contributed by atoms with Crippen molar-refractivity contribution in [3.63, 3.8) is 0 Å². The van der Waals surface area contributed by atoms with Crippen LogP contribution in [-0.4, -0.2) is 51.6 Å². The van der Waals surface area contributed by atoms with Crippen LogP contribution >= 0.6 is 0 Å². The van der Waals surface area contributed by atoms with Crippen molar-refractivity contribution in [3.05, 3.63) is 26.4 Å². The molecule has 1 aromatic heterocycles. The maximum absolute atomic E-state index is 12.5. The average Bonchev–Trinajstić information content (AvgIpc) is 2.51. The van der Waals surface area contributed by atoms with E-state index in [0.29, 0.717) is 19.5 Å². The van der Waals surface area contributed by atoms with Crippen molar-refractivity contribution in [2.75, 3.05) is 32.0 Å². The van der Waals surface area contributed by atoms with E-state index < -0.39 is 17.0 Å². The zero-order valence-electron chi connectivity index (χ0n) is 13.4. The standard InChI is InChI=1S/C15H24N4O4/c1-2-5-19-13(16)12(14(22)17-15(19)23)11(21)8-18-6-3-4-10(7-18)9-20/h10,20H,2-9,16H2,1H3,(H,17,22,23)/t10-/m1/s1. The van der Waals surface area contributed by atoms with Crippen LogP contribution in [0.2, 0.25) is 0 Å². The van der Waals surface area contributed by atoms with Crippen LogP contribution in [0.15, 0.2) is 9.59 Å². The molecule has 128 valence electrons. The van der Waals surface area contributed by atoms with Gasteiger partial charge in [-0.3, -0.25) is 24.0 Å². The van der Waals surface area contributed by atoms with Gasteiger partial charge in [0.25, 0.3) is 5.56 Å². The Bertz CT molecular complexity index is 679. The maximum Gasteiger partial charge on any atom is 0.329 e. The van der Waals surface area contributed by atoms with Gasteiger partial charge in [0.2, 0.25) is 0 Å². The summed E-state index contributed by atoms with van der Waals surface area (Å²) >= 11 is 0. The first-order chi connectivity index (χ1) is 11.0. The SMILES string of the molecule is CCCn1c(N)c(C(=O)CN2CCC[C@@H](CO)C2)c(=O)[nH]c1=O. The fourth-order valence-corrected chi connectivity index (χ4v) is 3.03. The van der Waals surface area contributed by atoms with Crippen LogP contribution in [0.4, 0.5) is 5.82 Å². The van der Waals surface area contributed by atoms with Crippen LogP contribution in [0.3, 0.4) is 0 Å². The zero-order chi connectivity index (χ0) is 17.0. The molecule has 0 radical (unpaired) electrons. The molecule has 0 amide bonds. The summed E-state index contributed by atoms with van der Waals surface area (Å²) in [6, 6.07) is 0. The van der Waals surface area contributed by atoms with Crippen molar-refractivity contribution in [1.82, 2.24) is 14.5 Å². The normalized spacial score (nSPS) is 19.0.